The summed E-state index contributed by atoms with van der Waals surface area (Å²) in [7, 11) is 4.90. The van der Waals surface area contributed by atoms with Crippen LogP contribution in [0.15, 0.2) is 47.5 Å². The van der Waals surface area contributed by atoms with Crippen molar-refractivity contribution in [3.8, 4) is 17.2 Å². The smallest absolute Gasteiger partial charge is 0.193 e. The molecule has 0 spiro atoms. The standard InChI is InChI=1S/C20H27N3O3/c1-24-16-9-7-15(8-10-16)6-4-5-13-22-20(21)23-18-14-17(25-2)11-12-19(18)26-3/h7-12,14H,4-6,13H2,1-3H3,(H3,21,22,23). The Morgan fingerprint density at radius 2 is 1.62 bits per heavy atom. The second-order valence-electron chi connectivity index (χ2n) is 5.76. The third-order valence-corrected chi connectivity index (χ3v) is 3.98. The summed E-state index contributed by atoms with van der Waals surface area (Å²) in [6.45, 7) is 0.668. The van der Waals surface area contributed by atoms with Crippen molar-refractivity contribution in [2.75, 3.05) is 33.2 Å². The van der Waals surface area contributed by atoms with Crippen LogP contribution in [-0.4, -0.2) is 33.8 Å². The maximum absolute atomic E-state index is 5.97. The van der Waals surface area contributed by atoms with E-state index in [4.69, 9.17) is 19.9 Å². The van der Waals surface area contributed by atoms with Crippen molar-refractivity contribution in [2.45, 2.75) is 19.3 Å². The molecule has 3 N–H and O–H groups in total. The number of anilines is 1. The van der Waals surface area contributed by atoms with E-state index < -0.39 is 0 Å². The quantitative estimate of drug-likeness (QED) is 0.408. The summed E-state index contributed by atoms with van der Waals surface area (Å²) < 4.78 is 15.7. The Kier molecular flexibility index (Phi) is 7.61. The zero-order valence-electron chi connectivity index (χ0n) is 15.6. The van der Waals surface area contributed by atoms with Gasteiger partial charge in [-0.15, -0.1) is 0 Å². The number of unbranched alkanes of at least 4 members (excludes halogenated alkanes) is 1. The maximum atomic E-state index is 5.97. The molecule has 6 heteroatoms. The van der Waals surface area contributed by atoms with Crippen LogP contribution in [-0.2, 0) is 6.42 Å². The Labute approximate surface area is 155 Å². The number of nitrogens with two attached hydrogens (primary N) is 1. The van der Waals surface area contributed by atoms with Gasteiger partial charge < -0.3 is 25.3 Å². The molecule has 0 saturated carbocycles. The first kappa shape index (κ1) is 19.4. The van der Waals surface area contributed by atoms with Crippen LogP contribution >= 0.6 is 0 Å². The number of ether oxygens (including phenoxy) is 3. The molecule has 2 rings (SSSR count). The second kappa shape index (κ2) is 10.2. The van der Waals surface area contributed by atoms with Gasteiger partial charge in [-0.05, 0) is 49.1 Å². The molecule has 0 saturated heterocycles. The molecule has 0 amide bonds. The lowest BCUT2D eigenvalue weighted by atomic mass is 10.1. The van der Waals surface area contributed by atoms with E-state index in [9.17, 15) is 0 Å². The molecule has 0 heterocycles. The molecule has 0 bridgehead atoms. The van der Waals surface area contributed by atoms with Crippen LogP contribution in [0.3, 0.4) is 0 Å². The largest absolute Gasteiger partial charge is 0.497 e. The van der Waals surface area contributed by atoms with Crippen LogP contribution in [0.2, 0.25) is 0 Å². The third kappa shape index (κ3) is 5.88. The number of guanidine groups is 1. The highest BCUT2D eigenvalue weighted by Crippen LogP contribution is 2.28. The van der Waals surface area contributed by atoms with E-state index in [-0.39, 0.29) is 0 Å². The third-order valence-electron chi connectivity index (χ3n) is 3.98. The number of nitrogens with zero attached hydrogens (tertiary/aromatic N) is 1. The van der Waals surface area contributed by atoms with Crippen molar-refractivity contribution in [1.29, 1.82) is 0 Å². The molecule has 0 unspecified atom stereocenters. The first-order valence-corrected chi connectivity index (χ1v) is 8.58. The molecule has 140 valence electrons. The number of rotatable bonds is 9. The highest BCUT2D eigenvalue weighted by molar-refractivity contribution is 5.94. The van der Waals surface area contributed by atoms with Gasteiger partial charge in [-0.1, -0.05) is 12.1 Å². The lowest BCUT2D eigenvalue weighted by Crippen LogP contribution is -2.23. The van der Waals surface area contributed by atoms with Gasteiger partial charge in [0.2, 0.25) is 0 Å². The van der Waals surface area contributed by atoms with Gasteiger partial charge >= 0.3 is 0 Å². The van der Waals surface area contributed by atoms with Crippen molar-refractivity contribution in [3.63, 3.8) is 0 Å². The van der Waals surface area contributed by atoms with Crippen molar-refractivity contribution in [2.24, 2.45) is 10.7 Å². The Hall–Kier alpha value is -2.89. The summed E-state index contributed by atoms with van der Waals surface area (Å²) in [5, 5.41) is 3.07. The van der Waals surface area contributed by atoms with Gasteiger partial charge in [0.1, 0.15) is 17.2 Å². The number of nitrogens with one attached hydrogen (secondary N) is 1. The normalized spacial score (nSPS) is 11.1. The van der Waals surface area contributed by atoms with Crippen LogP contribution in [0.5, 0.6) is 17.2 Å². The average Bonchev–Trinajstić information content (AvgIpc) is 2.68. The number of hydrogen-bond acceptors (Lipinski definition) is 4. The lowest BCUT2D eigenvalue weighted by Gasteiger charge is -2.12. The number of aryl methyl sites for hydroxylation is 1. The van der Waals surface area contributed by atoms with E-state index in [0.717, 1.165) is 36.4 Å². The summed E-state index contributed by atoms with van der Waals surface area (Å²) in [5.41, 5.74) is 8.00. The highest BCUT2D eigenvalue weighted by Gasteiger charge is 2.06. The van der Waals surface area contributed by atoms with E-state index in [1.54, 1.807) is 21.3 Å². The lowest BCUT2D eigenvalue weighted by molar-refractivity contribution is 0.405. The molecule has 0 atom stereocenters. The fourth-order valence-electron chi connectivity index (χ4n) is 2.52. The van der Waals surface area contributed by atoms with Gasteiger partial charge in [0, 0.05) is 12.6 Å². The topological polar surface area (TPSA) is 78.1 Å². The predicted molar refractivity (Wildman–Crippen MR) is 106 cm³/mol. The fourth-order valence-corrected chi connectivity index (χ4v) is 2.52. The molecule has 26 heavy (non-hydrogen) atoms. The van der Waals surface area contributed by atoms with Gasteiger partial charge in [-0.25, -0.2) is 0 Å². The summed E-state index contributed by atoms with van der Waals surface area (Å²) >= 11 is 0. The first-order valence-electron chi connectivity index (χ1n) is 8.58. The van der Waals surface area contributed by atoms with Crippen molar-refractivity contribution >= 4 is 11.6 Å². The Bertz CT molecular complexity index is 715. The van der Waals surface area contributed by atoms with Gasteiger partial charge in [0.05, 0.1) is 27.0 Å². The van der Waals surface area contributed by atoms with Crippen LogP contribution < -0.4 is 25.3 Å². The molecule has 2 aromatic carbocycles. The molecule has 0 aliphatic rings. The first-order chi connectivity index (χ1) is 12.7. The summed E-state index contributed by atoms with van der Waals surface area (Å²) in [4.78, 5) is 4.38. The molecule has 0 radical (unpaired) electrons. The zero-order chi connectivity index (χ0) is 18.8. The average molecular weight is 357 g/mol. The zero-order valence-corrected chi connectivity index (χ0v) is 15.6. The number of benzene rings is 2. The summed E-state index contributed by atoms with van der Waals surface area (Å²) in [6, 6.07) is 13.6. The number of hydrogen-bond donors (Lipinski definition) is 2. The molecule has 0 fully saturated rings. The Balaban J connectivity index is 1.79. The fraction of sp³-hybridized carbons (Fsp3) is 0.350. The monoisotopic (exact) mass is 357 g/mol. The van der Waals surface area contributed by atoms with Crippen molar-refractivity contribution < 1.29 is 14.2 Å². The van der Waals surface area contributed by atoms with Crippen LogP contribution in [0, 0.1) is 0 Å². The minimum Gasteiger partial charge on any atom is -0.497 e. The second-order valence-corrected chi connectivity index (χ2v) is 5.76. The van der Waals surface area contributed by atoms with E-state index in [1.807, 2.05) is 30.3 Å². The van der Waals surface area contributed by atoms with E-state index in [1.165, 1.54) is 5.56 Å². The predicted octanol–water partition coefficient (Wildman–Crippen LogP) is 3.46. The summed E-state index contributed by atoms with van der Waals surface area (Å²) in [6.07, 6.45) is 3.02. The highest BCUT2D eigenvalue weighted by atomic mass is 16.5. The molecule has 6 nitrogen and oxygen atoms in total. The van der Waals surface area contributed by atoms with E-state index in [2.05, 4.69) is 22.4 Å². The number of methoxy groups -OCH3 is 3. The molecular weight excluding hydrogens is 330 g/mol. The Morgan fingerprint density at radius 1 is 0.923 bits per heavy atom. The van der Waals surface area contributed by atoms with Crippen LogP contribution in [0.4, 0.5) is 5.69 Å². The van der Waals surface area contributed by atoms with Gasteiger partial charge in [0.25, 0.3) is 0 Å². The SMILES string of the molecule is COc1ccc(CCCCN=C(N)Nc2cc(OC)ccc2OC)cc1. The maximum Gasteiger partial charge on any atom is 0.193 e. The molecule has 2 aromatic rings. The van der Waals surface area contributed by atoms with Gasteiger partial charge in [0.15, 0.2) is 5.96 Å². The minimum atomic E-state index is 0.362. The molecule has 0 aliphatic carbocycles. The molecule has 0 aromatic heterocycles. The molecule has 0 aliphatic heterocycles. The molecular formula is C20H27N3O3. The van der Waals surface area contributed by atoms with E-state index in [0.29, 0.717) is 18.3 Å². The summed E-state index contributed by atoms with van der Waals surface area (Å²) in [5.74, 6) is 2.65. The number of aliphatic imine (C=N–C) groups is 1. The van der Waals surface area contributed by atoms with Gasteiger partial charge in [-0.2, -0.15) is 0 Å². The van der Waals surface area contributed by atoms with E-state index >= 15 is 0 Å². The van der Waals surface area contributed by atoms with Crippen LogP contribution in [0.25, 0.3) is 0 Å². The van der Waals surface area contributed by atoms with Crippen LogP contribution in [0.1, 0.15) is 18.4 Å². The van der Waals surface area contributed by atoms with Gasteiger partial charge in [-0.3, -0.25) is 4.99 Å². The van der Waals surface area contributed by atoms with Crippen molar-refractivity contribution in [3.05, 3.63) is 48.0 Å². The Morgan fingerprint density at radius 3 is 2.27 bits per heavy atom. The van der Waals surface area contributed by atoms with Crippen molar-refractivity contribution in [1.82, 2.24) is 0 Å². The minimum absolute atomic E-state index is 0.362.